The van der Waals surface area contributed by atoms with Gasteiger partial charge in [-0.25, -0.2) is 0 Å². The largest absolute Gasteiger partial charge is 0.364 e. The average molecular weight is 168 g/mol. The van der Waals surface area contributed by atoms with Crippen molar-refractivity contribution in [1.82, 2.24) is 0 Å². The summed E-state index contributed by atoms with van der Waals surface area (Å²) in [5.74, 6) is 0. The van der Waals surface area contributed by atoms with Crippen LogP contribution in [0.25, 0.3) is 0 Å². The molecule has 0 atom stereocenters. The Morgan fingerprint density at radius 2 is 1.00 bits per heavy atom. The van der Waals surface area contributed by atoms with Crippen LogP contribution in [0.2, 0.25) is 0 Å². The third-order valence-corrected chi connectivity index (χ3v) is 0.608. The third kappa shape index (κ3) is 25.8. The number of ether oxygens (including phenoxy) is 2. The smallest absolute Gasteiger partial charge is 0.0941 e. The van der Waals surface area contributed by atoms with Gasteiger partial charge in [-0.1, -0.05) is 22.3 Å². The maximum atomic E-state index is 5.00. The fourth-order valence-corrected chi connectivity index (χ4v) is 0.285. The Labute approximate surface area is 70.9 Å². The van der Waals surface area contributed by atoms with Gasteiger partial charge in [-0.15, -0.1) is 0 Å². The minimum atomic E-state index is 0. The first kappa shape index (κ1) is 22.4. The highest BCUT2D eigenvalue weighted by atomic mass is 16.5. The second kappa shape index (κ2) is 22.5. The molecule has 0 fully saturated rings. The summed E-state index contributed by atoms with van der Waals surface area (Å²) in [4.78, 5) is 0. The predicted molar refractivity (Wildman–Crippen MR) is 50.2 cm³/mol. The molecule has 0 heterocycles. The van der Waals surface area contributed by atoms with Gasteiger partial charge in [0, 0.05) is 0 Å². The Kier molecular flexibility index (Phi) is 46.0. The molecule has 0 aromatic heterocycles. The van der Waals surface area contributed by atoms with Crippen molar-refractivity contribution in [3.8, 4) is 0 Å². The van der Waals surface area contributed by atoms with Crippen molar-refractivity contribution in [3.63, 3.8) is 0 Å². The van der Waals surface area contributed by atoms with Crippen molar-refractivity contribution in [1.29, 1.82) is 0 Å². The van der Waals surface area contributed by atoms with Crippen LogP contribution >= 0.6 is 0 Å². The summed E-state index contributed by atoms with van der Waals surface area (Å²) >= 11 is 0. The van der Waals surface area contributed by atoms with Crippen LogP contribution in [0.1, 0.15) is 22.3 Å². The third-order valence-electron chi connectivity index (χ3n) is 0.608. The van der Waals surface area contributed by atoms with E-state index in [1.54, 1.807) is 0 Å². The van der Waals surface area contributed by atoms with Crippen LogP contribution in [0.15, 0.2) is 0 Å². The molecule has 0 aliphatic carbocycles. The maximum absolute atomic E-state index is 5.00. The zero-order valence-corrected chi connectivity index (χ0v) is 4.80. The Balaban J connectivity index is -0.0000000817. The van der Waals surface area contributed by atoms with Crippen LogP contribution in [0, 0.1) is 0 Å². The highest BCUT2D eigenvalue weighted by molar-refractivity contribution is 4.23. The lowest BCUT2D eigenvalue weighted by Gasteiger charge is -1.98. The molecule has 0 radical (unpaired) electrons. The zero-order valence-electron chi connectivity index (χ0n) is 4.80. The molecule has 11 heavy (non-hydrogen) atoms. The van der Waals surface area contributed by atoms with E-state index >= 15 is 0 Å². The van der Waals surface area contributed by atoms with Crippen LogP contribution in [0.5, 0.6) is 0 Å². The van der Waals surface area contributed by atoms with Gasteiger partial charge in [-0.3, -0.25) is 0 Å². The molecule has 0 amide bonds. The van der Waals surface area contributed by atoms with Crippen LogP contribution < -0.4 is 11.5 Å². The highest BCUT2D eigenvalue weighted by Crippen LogP contribution is 1.70. The van der Waals surface area contributed by atoms with E-state index in [-0.39, 0.29) is 35.7 Å². The molecule has 4 heteroatoms. The Morgan fingerprint density at radius 1 is 0.727 bits per heavy atom. The number of nitrogens with two attached hydrogens (primary N) is 2. The monoisotopic (exact) mass is 168 g/mol. The fourth-order valence-electron chi connectivity index (χ4n) is 0.285. The van der Waals surface area contributed by atoms with Gasteiger partial charge in [-0.05, 0) is 0 Å². The van der Waals surface area contributed by atoms with Crippen molar-refractivity contribution in [2.24, 2.45) is 11.5 Å². The van der Waals surface area contributed by atoms with Gasteiger partial charge >= 0.3 is 0 Å². The average Bonchev–Trinajstić information content (AvgIpc) is 1.81. The summed E-state index contributed by atoms with van der Waals surface area (Å²) in [5, 5.41) is 0. The Morgan fingerprint density at radius 3 is 1.18 bits per heavy atom. The van der Waals surface area contributed by atoms with E-state index in [4.69, 9.17) is 20.9 Å². The summed E-state index contributed by atoms with van der Waals surface area (Å²) in [6.45, 7) is 1.53. The first-order valence-electron chi connectivity index (χ1n) is 2.47. The lowest BCUT2D eigenvalue weighted by atomic mass is 10.8. The minimum Gasteiger partial charge on any atom is -0.364 e. The summed E-state index contributed by atoms with van der Waals surface area (Å²) in [7, 11) is 0. The van der Waals surface area contributed by atoms with Gasteiger partial charge in [0.25, 0.3) is 0 Å². The van der Waals surface area contributed by atoms with Gasteiger partial charge in [0.05, 0.1) is 26.7 Å². The van der Waals surface area contributed by atoms with E-state index in [9.17, 15) is 0 Å². The van der Waals surface area contributed by atoms with Gasteiger partial charge in [-0.2, -0.15) is 0 Å². The molecule has 0 aromatic rings. The van der Waals surface area contributed by atoms with Gasteiger partial charge in [0.15, 0.2) is 0 Å². The Bertz CT molecular complexity index is 39.4. The summed E-state index contributed by atoms with van der Waals surface area (Å²) < 4.78 is 9.47. The molecule has 0 unspecified atom stereocenters. The molecule has 0 spiro atoms. The molecule has 0 saturated carbocycles. The molecule has 0 aromatic carbocycles. The fraction of sp³-hybridized carbons (Fsp3) is 1.00. The molecular formula is C7H24N2O2. The molecule has 74 valence electrons. The molecule has 4 N–H and O–H groups in total. The van der Waals surface area contributed by atoms with E-state index in [0.29, 0.717) is 13.2 Å². The number of rotatable bonds is 5. The molecule has 0 aliphatic rings. The predicted octanol–water partition coefficient (Wildman–Crippen LogP) is 0.760. The van der Waals surface area contributed by atoms with E-state index in [1.165, 1.54) is 0 Å². The van der Waals surface area contributed by atoms with E-state index in [0.717, 1.165) is 0 Å². The van der Waals surface area contributed by atoms with Gasteiger partial charge in [0.2, 0.25) is 0 Å². The first-order valence-corrected chi connectivity index (χ1v) is 2.47. The van der Waals surface area contributed by atoms with Crippen molar-refractivity contribution >= 4 is 0 Å². The lowest BCUT2D eigenvalue weighted by Crippen LogP contribution is -2.13. The van der Waals surface area contributed by atoms with Crippen molar-refractivity contribution < 1.29 is 9.47 Å². The highest BCUT2D eigenvalue weighted by Gasteiger charge is 1.81. The summed E-state index contributed by atoms with van der Waals surface area (Å²) in [6.07, 6.45) is 0. The second-order valence-corrected chi connectivity index (χ2v) is 1.15. The minimum absolute atomic E-state index is 0. The van der Waals surface area contributed by atoms with Crippen molar-refractivity contribution in [2.75, 3.05) is 26.7 Å². The van der Waals surface area contributed by atoms with Gasteiger partial charge < -0.3 is 20.9 Å². The number of hydrogen-bond acceptors (Lipinski definition) is 4. The second-order valence-electron chi connectivity index (χ2n) is 1.15. The molecule has 0 rings (SSSR count). The van der Waals surface area contributed by atoms with Crippen LogP contribution in [-0.2, 0) is 9.47 Å². The van der Waals surface area contributed by atoms with Crippen LogP contribution in [0.3, 0.4) is 0 Å². The van der Waals surface area contributed by atoms with E-state index in [1.807, 2.05) is 0 Å². The first-order chi connectivity index (χ1) is 3.91. The quantitative estimate of drug-likeness (QED) is 0.469. The molecule has 0 aliphatic heterocycles. The lowest BCUT2D eigenvalue weighted by molar-refractivity contribution is 0.0529. The van der Waals surface area contributed by atoms with Gasteiger partial charge in [0.1, 0.15) is 0 Å². The molecule has 0 bridgehead atoms. The zero-order chi connectivity index (χ0) is 6.24. The van der Waals surface area contributed by atoms with Crippen molar-refractivity contribution in [3.05, 3.63) is 0 Å². The number of hydrogen-bond donors (Lipinski definition) is 2. The standard InChI is InChI=1S/C4H12N2O2.3CH4/c5-3-7-1-2-8-4-6;;;/h1-6H2;3*1H4. The van der Waals surface area contributed by atoms with Crippen LogP contribution in [0.4, 0.5) is 0 Å². The van der Waals surface area contributed by atoms with E-state index in [2.05, 4.69) is 0 Å². The SMILES string of the molecule is C.C.C.NCOCCOCN. The maximum Gasteiger partial charge on any atom is 0.0941 e. The summed E-state index contributed by atoms with van der Waals surface area (Å²) in [6, 6.07) is 0. The Hall–Kier alpha value is -0.160. The van der Waals surface area contributed by atoms with Crippen molar-refractivity contribution in [2.45, 2.75) is 22.3 Å². The topological polar surface area (TPSA) is 70.5 Å². The molecule has 0 saturated heterocycles. The van der Waals surface area contributed by atoms with Crippen LogP contribution in [-0.4, -0.2) is 26.7 Å². The summed E-state index contributed by atoms with van der Waals surface area (Å²) in [5.41, 5.74) is 10.0. The molecule has 4 nitrogen and oxygen atoms in total. The van der Waals surface area contributed by atoms with E-state index < -0.39 is 0 Å². The molecular weight excluding hydrogens is 144 g/mol. The normalized spacial score (nSPS) is 7.09.